The van der Waals surface area contributed by atoms with E-state index in [4.69, 9.17) is 5.11 Å². The zero-order valence-corrected chi connectivity index (χ0v) is 11.6. The van der Waals surface area contributed by atoms with Gasteiger partial charge in [0, 0.05) is 13.6 Å². The maximum Gasteiger partial charge on any atom is 0.307 e. The average Bonchev–Trinajstić information content (AvgIpc) is 2.96. The van der Waals surface area contributed by atoms with E-state index in [1.807, 2.05) is 11.4 Å². The molecule has 1 aromatic rings. The molecular weight excluding hydrogens is 306 g/mol. The minimum absolute atomic E-state index is 0.0697. The molecule has 17 heavy (non-hydrogen) atoms. The van der Waals surface area contributed by atoms with Crippen molar-refractivity contribution in [2.24, 2.45) is 11.8 Å². The fourth-order valence-corrected chi connectivity index (χ4v) is 3.00. The van der Waals surface area contributed by atoms with Crippen LogP contribution in [0.15, 0.2) is 15.2 Å². The summed E-state index contributed by atoms with van der Waals surface area (Å²) in [6, 6.07) is 1.97. The molecule has 1 aliphatic rings. The molecule has 1 fully saturated rings. The molecular formula is C11H12BrNO3S. The summed E-state index contributed by atoms with van der Waals surface area (Å²) in [6.45, 7) is 0.532. The molecule has 6 heteroatoms. The number of hydrogen-bond donors (Lipinski definition) is 1. The molecule has 2 rings (SSSR count). The van der Waals surface area contributed by atoms with E-state index < -0.39 is 11.9 Å². The van der Waals surface area contributed by atoms with Crippen molar-refractivity contribution in [1.29, 1.82) is 0 Å². The molecule has 1 heterocycles. The molecule has 92 valence electrons. The second kappa shape index (κ2) is 4.78. The van der Waals surface area contributed by atoms with Crippen LogP contribution in [0.5, 0.6) is 0 Å². The Kier molecular flexibility index (Phi) is 3.53. The van der Waals surface area contributed by atoms with E-state index in [0.29, 0.717) is 13.0 Å². The molecule has 4 nitrogen and oxygen atoms in total. The van der Waals surface area contributed by atoms with Gasteiger partial charge in [-0.3, -0.25) is 9.59 Å². The van der Waals surface area contributed by atoms with Gasteiger partial charge >= 0.3 is 5.97 Å². The molecule has 1 amide bonds. The lowest BCUT2D eigenvalue weighted by Crippen LogP contribution is -2.28. The number of aliphatic carboxylic acids is 1. The number of carbonyl (C=O) groups excluding carboxylic acids is 1. The number of thiophene rings is 1. The van der Waals surface area contributed by atoms with E-state index in [1.165, 1.54) is 0 Å². The van der Waals surface area contributed by atoms with Gasteiger partial charge in [-0.1, -0.05) is 0 Å². The lowest BCUT2D eigenvalue weighted by atomic mass is 10.2. The summed E-state index contributed by atoms with van der Waals surface area (Å²) >= 11 is 4.94. The molecule has 1 N–H and O–H groups in total. The largest absolute Gasteiger partial charge is 0.481 e. The smallest absolute Gasteiger partial charge is 0.307 e. The number of nitrogens with zero attached hydrogens (tertiary/aromatic N) is 1. The SMILES string of the molecule is CN(Cc1csc(Br)c1)C(=O)C1CC1C(=O)O. The van der Waals surface area contributed by atoms with Gasteiger partial charge in [-0.15, -0.1) is 11.3 Å². The van der Waals surface area contributed by atoms with E-state index in [9.17, 15) is 9.59 Å². The van der Waals surface area contributed by atoms with Gasteiger partial charge in [-0.05, 0) is 39.4 Å². The van der Waals surface area contributed by atoms with Gasteiger partial charge in [-0.2, -0.15) is 0 Å². The first-order chi connectivity index (χ1) is 7.99. The van der Waals surface area contributed by atoms with Gasteiger partial charge < -0.3 is 10.0 Å². The van der Waals surface area contributed by atoms with Gasteiger partial charge in [0.1, 0.15) is 0 Å². The van der Waals surface area contributed by atoms with Crippen LogP contribution in [0.1, 0.15) is 12.0 Å². The van der Waals surface area contributed by atoms with Crippen molar-refractivity contribution < 1.29 is 14.7 Å². The topological polar surface area (TPSA) is 57.6 Å². The maximum atomic E-state index is 11.9. The van der Waals surface area contributed by atoms with Gasteiger partial charge in [-0.25, -0.2) is 0 Å². The highest BCUT2D eigenvalue weighted by Gasteiger charge is 2.49. The number of carbonyl (C=O) groups is 2. The van der Waals surface area contributed by atoms with Crippen molar-refractivity contribution in [1.82, 2.24) is 4.90 Å². The minimum atomic E-state index is -0.866. The van der Waals surface area contributed by atoms with Crippen molar-refractivity contribution in [3.8, 4) is 0 Å². The highest BCUT2D eigenvalue weighted by Crippen LogP contribution is 2.40. The second-order valence-electron chi connectivity index (χ2n) is 4.24. The Labute approximate surface area is 111 Å². The molecule has 2 unspecified atom stereocenters. The lowest BCUT2D eigenvalue weighted by Gasteiger charge is -2.16. The summed E-state index contributed by atoms with van der Waals surface area (Å²) in [7, 11) is 1.71. The van der Waals surface area contributed by atoms with E-state index in [0.717, 1.165) is 9.35 Å². The third kappa shape index (κ3) is 2.87. The number of amides is 1. The molecule has 0 spiro atoms. The number of halogens is 1. The Hall–Kier alpha value is -0.880. The van der Waals surface area contributed by atoms with Crippen molar-refractivity contribution in [2.45, 2.75) is 13.0 Å². The van der Waals surface area contributed by atoms with E-state index >= 15 is 0 Å². The zero-order valence-electron chi connectivity index (χ0n) is 9.22. The highest BCUT2D eigenvalue weighted by atomic mass is 79.9. The van der Waals surface area contributed by atoms with Crippen LogP contribution in [0.4, 0.5) is 0 Å². The Morgan fingerprint density at radius 1 is 1.59 bits per heavy atom. The molecule has 0 bridgehead atoms. The second-order valence-corrected chi connectivity index (χ2v) is 6.53. The molecule has 2 atom stereocenters. The van der Waals surface area contributed by atoms with Crippen LogP contribution in [0.25, 0.3) is 0 Å². The Balaban J connectivity index is 1.91. The van der Waals surface area contributed by atoms with Crippen molar-refractivity contribution in [3.63, 3.8) is 0 Å². The van der Waals surface area contributed by atoms with Gasteiger partial charge in [0.05, 0.1) is 15.6 Å². The standard InChI is InChI=1S/C11H12BrNO3S/c1-13(4-6-2-9(12)17-5-6)10(14)7-3-8(7)11(15)16/h2,5,7-8H,3-4H2,1H3,(H,15,16). The Morgan fingerprint density at radius 2 is 2.29 bits per heavy atom. The molecule has 0 aromatic carbocycles. The van der Waals surface area contributed by atoms with Crippen molar-refractivity contribution >= 4 is 39.1 Å². The quantitative estimate of drug-likeness (QED) is 0.926. The summed E-state index contributed by atoms with van der Waals surface area (Å²) < 4.78 is 1.03. The van der Waals surface area contributed by atoms with E-state index in [-0.39, 0.29) is 11.8 Å². The summed E-state index contributed by atoms with van der Waals surface area (Å²) in [5.74, 6) is -1.73. The van der Waals surface area contributed by atoms with Crippen molar-refractivity contribution in [2.75, 3.05) is 7.05 Å². The summed E-state index contributed by atoms with van der Waals surface area (Å²) in [5.41, 5.74) is 1.06. The maximum absolute atomic E-state index is 11.9. The molecule has 0 radical (unpaired) electrons. The van der Waals surface area contributed by atoms with Crippen LogP contribution >= 0.6 is 27.3 Å². The minimum Gasteiger partial charge on any atom is -0.481 e. The van der Waals surface area contributed by atoms with Crippen LogP contribution in [0.3, 0.4) is 0 Å². The predicted molar refractivity (Wildman–Crippen MR) is 67.7 cm³/mol. The summed E-state index contributed by atoms with van der Waals surface area (Å²) in [6.07, 6.45) is 0.478. The van der Waals surface area contributed by atoms with Gasteiger partial charge in [0.2, 0.25) is 5.91 Å². The van der Waals surface area contributed by atoms with Crippen LogP contribution in [-0.2, 0) is 16.1 Å². The molecule has 1 aliphatic carbocycles. The Bertz CT molecular complexity index is 459. The summed E-state index contributed by atoms with van der Waals surface area (Å²) in [4.78, 5) is 24.2. The third-order valence-corrected chi connectivity index (χ3v) is 4.40. The first-order valence-corrected chi connectivity index (χ1v) is 6.87. The lowest BCUT2D eigenvalue weighted by molar-refractivity contribution is -0.141. The molecule has 1 saturated carbocycles. The van der Waals surface area contributed by atoms with E-state index in [1.54, 1.807) is 23.3 Å². The van der Waals surface area contributed by atoms with Gasteiger partial charge in [0.25, 0.3) is 0 Å². The summed E-state index contributed by atoms with van der Waals surface area (Å²) in [5, 5.41) is 10.8. The van der Waals surface area contributed by atoms with Crippen LogP contribution in [-0.4, -0.2) is 28.9 Å². The number of hydrogen-bond acceptors (Lipinski definition) is 3. The number of carboxylic acids is 1. The van der Waals surface area contributed by atoms with Crippen LogP contribution < -0.4 is 0 Å². The van der Waals surface area contributed by atoms with Crippen LogP contribution in [0, 0.1) is 11.8 Å². The van der Waals surface area contributed by atoms with E-state index in [2.05, 4.69) is 15.9 Å². The monoisotopic (exact) mass is 317 g/mol. The Morgan fingerprint density at radius 3 is 2.76 bits per heavy atom. The zero-order chi connectivity index (χ0) is 12.6. The number of rotatable bonds is 4. The normalized spacial score (nSPS) is 22.2. The highest BCUT2D eigenvalue weighted by molar-refractivity contribution is 9.11. The van der Waals surface area contributed by atoms with Gasteiger partial charge in [0.15, 0.2) is 0 Å². The predicted octanol–water partition coefficient (Wildman–Crippen LogP) is 2.19. The number of carboxylic acid groups (broad SMARTS) is 1. The third-order valence-electron chi connectivity index (χ3n) is 2.84. The molecule has 1 aromatic heterocycles. The fourth-order valence-electron chi connectivity index (χ4n) is 1.80. The fraction of sp³-hybridized carbons (Fsp3) is 0.455. The van der Waals surface area contributed by atoms with Crippen molar-refractivity contribution in [3.05, 3.63) is 20.8 Å². The average molecular weight is 318 g/mol. The molecule has 0 aliphatic heterocycles. The first kappa shape index (κ1) is 12.6. The first-order valence-electron chi connectivity index (χ1n) is 5.19. The van der Waals surface area contributed by atoms with Crippen LogP contribution in [0.2, 0.25) is 0 Å². The molecule has 0 saturated heterocycles.